The van der Waals surface area contributed by atoms with E-state index >= 15 is 0 Å². The van der Waals surface area contributed by atoms with Gasteiger partial charge in [0.15, 0.2) is 0 Å². The summed E-state index contributed by atoms with van der Waals surface area (Å²) in [6.07, 6.45) is 1.09. The molecular formula is C15H20N6OS. The lowest BCUT2D eigenvalue weighted by atomic mass is 10.1. The van der Waals surface area contributed by atoms with Gasteiger partial charge >= 0.3 is 0 Å². The summed E-state index contributed by atoms with van der Waals surface area (Å²) in [5.74, 6) is 1.42. The van der Waals surface area contributed by atoms with Crippen LogP contribution in [0.1, 0.15) is 12.1 Å². The van der Waals surface area contributed by atoms with E-state index in [9.17, 15) is 4.79 Å². The van der Waals surface area contributed by atoms with Gasteiger partial charge in [-0.25, -0.2) is 4.98 Å². The summed E-state index contributed by atoms with van der Waals surface area (Å²) in [5, 5.41) is 14.2. The largest absolute Gasteiger partial charge is 0.370 e. The van der Waals surface area contributed by atoms with E-state index in [-0.39, 0.29) is 5.91 Å². The van der Waals surface area contributed by atoms with Crippen molar-refractivity contribution >= 4 is 28.2 Å². The van der Waals surface area contributed by atoms with E-state index in [1.54, 1.807) is 5.51 Å². The summed E-state index contributed by atoms with van der Waals surface area (Å²) < 4.78 is 0. The second kappa shape index (κ2) is 7.47. The zero-order chi connectivity index (χ0) is 16.1. The van der Waals surface area contributed by atoms with Gasteiger partial charge in [-0.1, -0.05) is 17.4 Å². The molecule has 1 aliphatic rings. The van der Waals surface area contributed by atoms with Crippen LogP contribution in [-0.2, 0) is 4.79 Å². The predicted molar refractivity (Wildman–Crippen MR) is 90.5 cm³/mol. The fraction of sp³-hybridized carbons (Fsp3) is 0.467. The third kappa shape index (κ3) is 4.70. The lowest BCUT2D eigenvalue weighted by molar-refractivity contribution is -0.117. The van der Waals surface area contributed by atoms with Crippen LogP contribution in [-0.4, -0.2) is 52.2 Å². The van der Waals surface area contributed by atoms with Crippen molar-refractivity contribution in [2.24, 2.45) is 5.92 Å². The standard InChI is InChI=1S/C15H20N6OS/c1-11-3-2-4-13(18-11)16-7-12-5-6-21(8-12)9-14(22)19-15-20-17-10-23-15/h2-4,10,12H,5-9H2,1H3,(H,16,18)(H,19,20,22)/t12-/m1/s1. The van der Waals surface area contributed by atoms with Crippen molar-refractivity contribution in [2.75, 3.05) is 36.8 Å². The van der Waals surface area contributed by atoms with Gasteiger partial charge in [-0.3, -0.25) is 15.0 Å². The van der Waals surface area contributed by atoms with E-state index in [1.165, 1.54) is 11.3 Å². The fourth-order valence-electron chi connectivity index (χ4n) is 2.70. The molecule has 2 N–H and O–H groups in total. The molecule has 0 unspecified atom stereocenters. The van der Waals surface area contributed by atoms with Crippen LogP contribution in [0.5, 0.6) is 0 Å². The average molecular weight is 332 g/mol. The Kier molecular flexibility index (Phi) is 5.14. The molecule has 8 heteroatoms. The smallest absolute Gasteiger partial charge is 0.240 e. The molecule has 1 fully saturated rings. The van der Waals surface area contributed by atoms with Gasteiger partial charge in [0.1, 0.15) is 11.3 Å². The third-order valence-corrected chi connectivity index (χ3v) is 4.41. The van der Waals surface area contributed by atoms with Crippen molar-refractivity contribution in [1.29, 1.82) is 0 Å². The van der Waals surface area contributed by atoms with E-state index in [1.807, 2.05) is 25.1 Å². The molecule has 3 heterocycles. The lowest BCUT2D eigenvalue weighted by Gasteiger charge is -2.15. The Hall–Kier alpha value is -2.06. The number of likely N-dealkylation sites (tertiary alicyclic amines) is 1. The molecule has 0 saturated carbocycles. The summed E-state index contributed by atoms with van der Waals surface area (Å²) in [6, 6.07) is 5.97. The third-order valence-electron chi connectivity index (χ3n) is 3.80. The van der Waals surface area contributed by atoms with E-state index in [4.69, 9.17) is 0 Å². The topological polar surface area (TPSA) is 83.0 Å². The molecule has 0 aliphatic carbocycles. The van der Waals surface area contributed by atoms with E-state index in [0.717, 1.165) is 37.6 Å². The van der Waals surface area contributed by atoms with Gasteiger partial charge < -0.3 is 5.32 Å². The van der Waals surface area contributed by atoms with Gasteiger partial charge in [-0.15, -0.1) is 10.2 Å². The number of nitrogens with zero attached hydrogens (tertiary/aromatic N) is 4. The van der Waals surface area contributed by atoms with Gasteiger partial charge in [0, 0.05) is 18.8 Å². The first-order valence-electron chi connectivity index (χ1n) is 7.65. The number of anilines is 2. The normalized spacial score (nSPS) is 18.0. The SMILES string of the molecule is Cc1cccc(NC[C@H]2CCN(CC(=O)Nc3nncs3)C2)n1. The van der Waals surface area contributed by atoms with Crippen LogP contribution in [0.4, 0.5) is 10.9 Å². The summed E-state index contributed by atoms with van der Waals surface area (Å²) in [7, 11) is 0. The minimum absolute atomic E-state index is 0.0317. The molecule has 0 bridgehead atoms. The number of aromatic nitrogens is 3. The van der Waals surface area contributed by atoms with Crippen molar-refractivity contribution in [3.63, 3.8) is 0 Å². The number of carbonyl (C=O) groups excluding carboxylic acids is 1. The zero-order valence-electron chi connectivity index (χ0n) is 13.0. The Morgan fingerprint density at radius 3 is 3.17 bits per heavy atom. The van der Waals surface area contributed by atoms with Gasteiger partial charge in [0.05, 0.1) is 6.54 Å². The quantitative estimate of drug-likeness (QED) is 0.836. The highest BCUT2D eigenvalue weighted by atomic mass is 32.1. The number of hydrogen-bond donors (Lipinski definition) is 2. The zero-order valence-corrected chi connectivity index (χ0v) is 13.8. The van der Waals surface area contributed by atoms with Gasteiger partial charge in [-0.2, -0.15) is 0 Å². The molecule has 122 valence electrons. The molecule has 1 saturated heterocycles. The van der Waals surface area contributed by atoms with Gasteiger partial charge in [-0.05, 0) is 37.9 Å². The van der Waals surface area contributed by atoms with Crippen LogP contribution >= 0.6 is 11.3 Å². The second-order valence-corrected chi connectivity index (χ2v) is 6.56. The van der Waals surface area contributed by atoms with E-state index in [0.29, 0.717) is 17.6 Å². The first-order valence-corrected chi connectivity index (χ1v) is 8.53. The Morgan fingerprint density at radius 2 is 2.39 bits per heavy atom. The summed E-state index contributed by atoms with van der Waals surface area (Å²) >= 11 is 1.33. The minimum Gasteiger partial charge on any atom is -0.370 e. The molecule has 1 amide bonds. The highest BCUT2D eigenvalue weighted by molar-refractivity contribution is 7.13. The van der Waals surface area contributed by atoms with Crippen LogP contribution in [0.3, 0.4) is 0 Å². The number of amides is 1. The molecule has 0 radical (unpaired) electrons. The van der Waals surface area contributed by atoms with Crippen molar-refractivity contribution in [1.82, 2.24) is 20.1 Å². The maximum atomic E-state index is 12.0. The number of pyridine rings is 1. The fourth-order valence-corrected chi connectivity index (χ4v) is 3.16. The predicted octanol–water partition coefficient (Wildman–Crippen LogP) is 1.61. The number of hydrogen-bond acceptors (Lipinski definition) is 7. The monoisotopic (exact) mass is 332 g/mol. The molecular weight excluding hydrogens is 312 g/mol. The summed E-state index contributed by atoms with van der Waals surface area (Å²) in [6.45, 7) is 5.13. The van der Waals surface area contributed by atoms with Crippen molar-refractivity contribution < 1.29 is 4.79 Å². The summed E-state index contributed by atoms with van der Waals surface area (Å²) in [4.78, 5) is 18.6. The first-order chi connectivity index (χ1) is 11.2. The molecule has 1 aliphatic heterocycles. The van der Waals surface area contributed by atoms with Gasteiger partial charge in [0.25, 0.3) is 0 Å². The molecule has 3 rings (SSSR count). The summed E-state index contributed by atoms with van der Waals surface area (Å²) in [5.41, 5.74) is 2.61. The number of nitrogens with one attached hydrogen (secondary N) is 2. The maximum Gasteiger partial charge on any atom is 0.240 e. The van der Waals surface area contributed by atoms with Crippen molar-refractivity contribution in [2.45, 2.75) is 13.3 Å². The number of aryl methyl sites for hydroxylation is 1. The van der Waals surface area contributed by atoms with Gasteiger partial charge in [0.2, 0.25) is 11.0 Å². The molecule has 7 nitrogen and oxygen atoms in total. The lowest BCUT2D eigenvalue weighted by Crippen LogP contribution is -2.32. The highest BCUT2D eigenvalue weighted by Crippen LogP contribution is 2.17. The van der Waals surface area contributed by atoms with Crippen LogP contribution in [0, 0.1) is 12.8 Å². The van der Waals surface area contributed by atoms with E-state index < -0.39 is 0 Å². The molecule has 2 aromatic rings. The van der Waals surface area contributed by atoms with Crippen LogP contribution in [0.25, 0.3) is 0 Å². The highest BCUT2D eigenvalue weighted by Gasteiger charge is 2.24. The maximum absolute atomic E-state index is 12.0. The molecule has 1 atom stereocenters. The van der Waals surface area contributed by atoms with Crippen molar-refractivity contribution in [3.8, 4) is 0 Å². The van der Waals surface area contributed by atoms with Crippen LogP contribution < -0.4 is 10.6 Å². The van der Waals surface area contributed by atoms with Crippen molar-refractivity contribution in [3.05, 3.63) is 29.4 Å². The Bertz CT molecular complexity index is 647. The number of carbonyl (C=O) groups is 1. The second-order valence-electron chi connectivity index (χ2n) is 5.73. The Balaban J connectivity index is 1.40. The minimum atomic E-state index is -0.0317. The number of rotatable bonds is 6. The molecule has 2 aromatic heterocycles. The molecule has 23 heavy (non-hydrogen) atoms. The molecule has 0 aromatic carbocycles. The molecule has 0 spiro atoms. The average Bonchev–Trinajstić information content (AvgIpc) is 3.17. The van der Waals surface area contributed by atoms with Crippen LogP contribution in [0.15, 0.2) is 23.7 Å². The van der Waals surface area contributed by atoms with E-state index in [2.05, 4.69) is 30.7 Å². The van der Waals surface area contributed by atoms with Crippen LogP contribution in [0.2, 0.25) is 0 Å². The Labute approximate surface area is 139 Å². The first kappa shape index (κ1) is 15.8. The Morgan fingerprint density at radius 1 is 1.48 bits per heavy atom.